The summed E-state index contributed by atoms with van der Waals surface area (Å²) in [6, 6.07) is 9.47. The van der Waals surface area contributed by atoms with Gasteiger partial charge >= 0.3 is 0 Å². The minimum Gasteiger partial charge on any atom is -0.461 e. The van der Waals surface area contributed by atoms with Crippen LogP contribution in [0.5, 0.6) is 0 Å². The van der Waals surface area contributed by atoms with Gasteiger partial charge in [0.25, 0.3) is 0 Å². The van der Waals surface area contributed by atoms with E-state index >= 15 is 0 Å². The zero-order valence-electron chi connectivity index (χ0n) is 14.2. The summed E-state index contributed by atoms with van der Waals surface area (Å²) in [6.45, 7) is 1.82. The van der Waals surface area contributed by atoms with Crippen molar-refractivity contribution in [2.45, 2.75) is 13.0 Å². The molecule has 7 heteroatoms. The molecule has 0 saturated carbocycles. The molecule has 0 bridgehead atoms. The lowest BCUT2D eigenvalue weighted by Gasteiger charge is -2.14. The third-order valence-corrected chi connectivity index (χ3v) is 4.35. The summed E-state index contributed by atoms with van der Waals surface area (Å²) in [4.78, 5) is 0. The van der Waals surface area contributed by atoms with Crippen molar-refractivity contribution in [3.63, 3.8) is 0 Å². The SMILES string of the molecule is CC(c1c(F)cccc1Cl)n1cc(C#Cc2cc(-c3ccco3)on2)cn1. The van der Waals surface area contributed by atoms with E-state index in [9.17, 15) is 4.39 Å². The molecule has 27 heavy (non-hydrogen) atoms. The monoisotopic (exact) mass is 381 g/mol. The number of rotatable bonds is 3. The van der Waals surface area contributed by atoms with Gasteiger partial charge in [0.1, 0.15) is 5.82 Å². The van der Waals surface area contributed by atoms with Crippen molar-refractivity contribution >= 4 is 11.6 Å². The van der Waals surface area contributed by atoms with Crippen molar-refractivity contribution < 1.29 is 13.3 Å². The van der Waals surface area contributed by atoms with Gasteiger partial charge in [0.05, 0.1) is 24.1 Å². The van der Waals surface area contributed by atoms with E-state index in [-0.39, 0.29) is 11.9 Å². The largest absolute Gasteiger partial charge is 0.461 e. The maximum atomic E-state index is 14.1. The second-order valence-electron chi connectivity index (χ2n) is 5.82. The summed E-state index contributed by atoms with van der Waals surface area (Å²) in [7, 11) is 0. The van der Waals surface area contributed by atoms with Crippen molar-refractivity contribution in [3.05, 3.63) is 82.7 Å². The molecule has 4 aromatic rings. The first-order valence-corrected chi connectivity index (χ1v) is 8.50. The van der Waals surface area contributed by atoms with Gasteiger partial charge in [-0.2, -0.15) is 5.10 Å². The predicted octanol–water partition coefficient (Wildman–Crippen LogP) is 4.93. The van der Waals surface area contributed by atoms with E-state index in [4.69, 9.17) is 20.5 Å². The number of furan rings is 1. The lowest BCUT2D eigenvalue weighted by molar-refractivity contribution is 0.416. The molecule has 5 nitrogen and oxygen atoms in total. The van der Waals surface area contributed by atoms with Crippen LogP contribution in [0.4, 0.5) is 4.39 Å². The molecule has 0 amide bonds. The van der Waals surface area contributed by atoms with Gasteiger partial charge in [-0.05, 0) is 37.1 Å². The number of halogens is 2. The maximum Gasteiger partial charge on any atom is 0.203 e. The molecule has 3 aromatic heterocycles. The molecule has 0 spiro atoms. The first-order valence-electron chi connectivity index (χ1n) is 8.12. The molecular weight excluding hydrogens is 369 g/mol. The Hall–Kier alpha value is -3.30. The Kier molecular flexibility index (Phi) is 4.53. The molecule has 4 rings (SSSR count). The van der Waals surface area contributed by atoms with Crippen LogP contribution in [0, 0.1) is 17.7 Å². The van der Waals surface area contributed by atoms with E-state index in [1.807, 2.05) is 6.92 Å². The fourth-order valence-corrected chi connectivity index (χ4v) is 2.98. The Bertz CT molecular complexity index is 1120. The van der Waals surface area contributed by atoms with Crippen molar-refractivity contribution in [2.75, 3.05) is 0 Å². The second kappa shape index (κ2) is 7.14. The standard InChI is InChI=1S/C20H13ClFN3O2/c1-13(20-16(21)4-2-5-17(20)22)25-12-14(11-23-25)7-8-15-10-19(27-24-15)18-6-3-9-26-18/h2-6,9-13H,1H3. The summed E-state index contributed by atoms with van der Waals surface area (Å²) in [6.07, 6.45) is 4.89. The van der Waals surface area contributed by atoms with E-state index in [0.717, 1.165) is 0 Å². The van der Waals surface area contributed by atoms with Crippen LogP contribution in [0.25, 0.3) is 11.5 Å². The van der Waals surface area contributed by atoms with E-state index < -0.39 is 0 Å². The number of hydrogen-bond acceptors (Lipinski definition) is 4. The molecule has 0 fully saturated rings. The fraction of sp³-hybridized carbons (Fsp3) is 0.100. The third kappa shape index (κ3) is 3.50. The molecule has 0 aliphatic heterocycles. The van der Waals surface area contributed by atoms with Crippen molar-refractivity contribution in [1.82, 2.24) is 14.9 Å². The Balaban J connectivity index is 1.55. The fourth-order valence-electron chi connectivity index (χ4n) is 2.66. The average molecular weight is 382 g/mol. The maximum absolute atomic E-state index is 14.1. The van der Waals surface area contributed by atoms with Crippen LogP contribution in [0.1, 0.15) is 29.8 Å². The van der Waals surface area contributed by atoms with Crippen molar-refractivity contribution in [2.24, 2.45) is 0 Å². The first kappa shape index (κ1) is 17.1. The predicted molar refractivity (Wildman–Crippen MR) is 97.6 cm³/mol. The van der Waals surface area contributed by atoms with Gasteiger partial charge in [-0.1, -0.05) is 28.7 Å². The van der Waals surface area contributed by atoms with E-state index in [2.05, 4.69) is 22.1 Å². The highest BCUT2D eigenvalue weighted by atomic mass is 35.5. The summed E-state index contributed by atoms with van der Waals surface area (Å²) in [5, 5.41) is 8.52. The minimum atomic E-state index is -0.369. The summed E-state index contributed by atoms with van der Waals surface area (Å²) in [5.41, 5.74) is 1.53. The minimum absolute atomic E-state index is 0.360. The van der Waals surface area contributed by atoms with Crippen LogP contribution < -0.4 is 0 Å². The molecule has 3 heterocycles. The van der Waals surface area contributed by atoms with E-state index in [1.54, 1.807) is 53.7 Å². The van der Waals surface area contributed by atoms with Gasteiger partial charge < -0.3 is 8.94 Å². The van der Waals surface area contributed by atoms with Crippen LogP contribution in [0.15, 0.2) is 64.0 Å². The molecule has 0 N–H and O–H groups in total. The average Bonchev–Trinajstić information content (AvgIpc) is 3.39. The van der Waals surface area contributed by atoms with Crippen LogP contribution in [0.2, 0.25) is 5.02 Å². The van der Waals surface area contributed by atoms with Crippen LogP contribution in [0.3, 0.4) is 0 Å². The molecule has 0 saturated heterocycles. The molecule has 1 atom stereocenters. The molecular formula is C20H13ClFN3O2. The summed E-state index contributed by atoms with van der Waals surface area (Å²) < 4.78 is 26.2. The van der Waals surface area contributed by atoms with Crippen LogP contribution in [-0.4, -0.2) is 14.9 Å². The van der Waals surface area contributed by atoms with Gasteiger partial charge in [0.2, 0.25) is 5.76 Å². The Morgan fingerprint density at radius 3 is 2.85 bits per heavy atom. The molecule has 0 aliphatic carbocycles. The van der Waals surface area contributed by atoms with E-state index in [0.29, 0.717) is 33.4 Å². The molecule has 134 valence electrons. The van der Waals surface area contributed by atoms with Gasteiger partial charge in [0, 0.05) is 22.8 Å². The van der Waals surface area contributed by atoms with Crippen molar-refractivity contribution in [3.8, 4) is 23.4 Å². The zero-order chi connectivity index (χ0) is 18.8. The number of nitrogens with zero attached hydrogens (tertiary/aromatic N) is 3. The molecule has 1 unspecified atom stereocenters. The highest BCUT2D eigenvalue weighted by molar-refractivity contribution is 6.31. The lowest BCUT2D eigenvalue weighted by atomic mass is 10.1. The topological polar surface area (TPSA) is 57.0 Å². The highest BCUT2D eigenvalue weighted by Crippen LogP contribution is 2.28. The Morgan fingerprint density at radius 2 is 2.07 bits per heavy atom. The van der Waals surface area contributed by atoms with Gasteiger partial charge in [-0.25, -0.2) is 4.39 Å². The Labute approximate surface area is 159 Å². The van der Waals surface area contributed by atoms with Crippen LogP contribution >= 0.6 is 11.6 Å². The number of benzene rings is 1. The van der Waals surface area contributed by atoms with Gasteiger partial charge in [-0.3, -0.25) is 4.68 Å². The molecule has 0 aliphatic rings. The highest BCUT2D eigenvalue weighted by Gasteiger charge is 2.17. The third-order valence-electron chi connectivity index (χ3n) is 4.02. The van der Waals surface area contributed by atoms with E-state index in [1.165, 1.54) is 6.07 Å². The quantitative estimate of drug-likeness (QED) is 0.472. The van der Waals surface area contributed by atoms with Crippen LogP contribution in [-0.2, 0) is 0 Å². The lowest BCUT2D eigenvalue weighted by Crippen LogP contribution is -2.09. The first-order chi connectivity index (χ1) is 13.1. The van der Waals surface area contributed by atoms with Gasteiger partial charge in [-0.15, -0.1) is 0 Å². The molecule has 0 radical (unpaired) electrons. The normalized spacial score (nSPS) is 11.8. The number of aromatic nitrogens is 3. The number of hydrogen-bond donors (Lipinski definition) is 0. The van der Waals surface area contributed by atoms with Gasteiger partial charge in [0.15, 0.2) is 11.5 Å². The summed E-state index contributed by atoms with van der Waals surface area (Å²) >= 11 is 6.13. The van der Waals surface area contributed by atoms with Crippen molar-refractivity contribution in [1.29, 1.82) is 0 Å². The Morgan fingerprint density at radius 1 is 1.19 bits per heavy atom. The molecule has 1 aromatic carbocycles. The smallest absolute Gasteiger partial charge is 0.203 e. The second-order valence-corrected chi connectivity index (χ2v) is 6.23. The zero-order valence-corrected chi connectivity index (χ0v) is 14.9. The summed E-state index contributed by atoms with van der Waals surface area (Å²) in [5.74, 6) is 6.59.